The molecule has 230 valence electrons. The Labute approximate surface area is 264 Å². The molecule has 0 spiro atoms. The van der Waals surface area contributed by atoms with Crippen LogP contribution in [0.3, 0.4) is 0 Å². The van der Waals surface area contributed by atoms with Crippen molar-refractivity contribution in [3.05, 3.63) is 80.9 Å². The highest BCUT2D eigenvalue weighted by Crippen LogP contribution is 2.48. The average molecular weight is 874 g/mol. The second-order valence-corrected chi connectivity index (χ2v) is 11.0. The van der Waals surface area contributed by atoms with Crippen LogP contribution in [0.15, 0.2) is 36.4 Å². The predicted octanol–water partition coefficient (Wildman–Crippen LogP) is 12.7. The van der Waals surface area contributed by atoms with E-state index in [9.17, 15) is 52.7 Å². The molecule has 0 aromatic heterocycles. The summed E-state index contributed by atoms with van der Waals surface area (Å²) in [5, 5.41) is -0.883. The summed E-state index contributed by atoms with van der Waals surface area (Å²) in [7, 11) is 0. The molecule has 0 aliphatic heterocycles. The fraction of sp³-hybridized carbons (Fsp3) is 0.308. The SMILES string of the molecule is FC(F)(F)c1cc(-c2c(CBr)c(CBr)c(-c3cc(C(F)(F)F)cc(C(F)(F)F)c3)c(CBr)c2CBr)cc(C(F)(F)F)c1. The van der Waals surface area contributed by atoms with Crippen LogP contribution in [0, 0.1) is 0 Å². The molecule has 0 aliphatic carbocycles. The van der Waals surface area contributed by atoms with Crippen molar-refractivity contribution < 1.29 is 52.7 Å². The van der Waals surface area contributed by atoms with Gasteiger partial charge >= 0.3 is 24.7 Å². The average Bonchev–Trinajstić information content (AvgIpc) is 2.88. The van der Waals surface area contributed by atoms with Crippen molar-refractivity contribution in [1.29, 1.82) is 0 Å². The molecular formula is C26H14Br4F12. The van der Waals surface area contributed by atoms with Crippen LogP contribution in [0.4, 0.5) is 52.7 Å². The number of halogens is 16. The highest BCUT2D eigenvalue weighted by atomic mass is 79.9. The first kappa shape index (κ1) is 35.2. The molecule has 0 heterocycles. The van der Waals surface area contributed by atoms with E-state index in [0.717, 1.165) is 0 Å². The van der Waals surface area contributed by atoms with Gasteiger partial charge in [-0.2, -0.15) is 52.7 Å². The minimum absolute atomic E-state index is 0.0441. The topological polar surface area (TPSA) is 0 Å². The molecule has 3 rings (SSSR count). The lowest BCUT2D eigenvalue weighted by Gasteiger charge is -2.26. The number of benzene rings is 3. The van der Waals surface area contributed by atoms with Crippen molar-refractivity contribution in [3.8, 4) is 22.3 Å². The molecule has 0 aliphatic rings. The largest absolute Gasteiger partial charge is 0.416 e. The van der Waals surface area contributed by atoms with Gasteiger partial charge in [0.1, 0.15) is 0 Å². The summed E-state index contributed by atoms with van der Waals surface area (Å²) in [4.78, 5) is 0. The van der Waals surface area contributed by atoms with E-state index in [-0.39, 0.29) is 66.8 Å². The molecule has 0 nitrogen and oxygen atoms in total. The maximum atomic E-state index is 13.7. The highest BCUT2D eigenvalue weighted by Gasteiger charge is 2.39. The lowest BCUT2D eigenvalue weighted by Crippen LogP contribution is -2.13. The van der Waals surface area contributed by atoms with Crippen molar-refractivity contribution in [1.82, 2.24) is 0 Å². The Kier molecular flexibility index (Phi) is 10.6. The second kappa shape index (κ2) is 12.6. The summed E-state index contributed by atoms with van der Waals surface area (Å²) >= 11 is 12.7. The fourth-order valence-corrected chi connectivity index (χ4v) is 6.93. The molecule has 0 saturated carbocycles. The molecule has 3 aromatic carbocycles. The number of rotatable bonds is 6. The maximum Gasteiger partial charge on any atom is 0.416 e. The summed E-state index contributed by atoms with van der Waals surface area (Å²) in [5.74, 6) is 0. The van der Waals surface area contributed by atoms with Crippen molar-refractivity contribution in [3.63, 3.8) is 0 Å². The van der Waals surface area contributed by atoms with Gasteiger partial charge in [-0.15, -0.1) is 0 Å². The molecule has 0 N–H and O–H groups in total. The van der Waals surface area contributed by atoms with Gasteiger partial charge in [0.05, 0.1) is 22.3 Å². The fourth-order valence-electron chi connectivity index (χ4n) is 4.45. The molecule has 0 saturated heterocycles. The zero-order valence-corrected chi connectivity index (χ0v) is 26.7. The quantitative estimate of drug-likeness (QED) is 0.171. The summed E-state index contributed by atoms with van der Waals surface area (Å²) in [6.45, 7) is 0. The van der Waals surface area contributed by atoms with Crippen LogP contribution in [0.1, 0.15) is 44.5 Å². The lowest BCUT2D eigenvalue weighted by atomic mass is 9.82. The number of hydrogen-bond acceptors (Lipinski definition) is 0. The number of hydrogen-bond donors (Lipinski definition) is 0. The Balaban J connectivity index is 2.58. The van der Waals surface area contributed by atoms with Crippen molar-refractivity contribution in [2.24, 2.45) is 0 Å². The van der Waals surface area contributed by atoms with E-state index in [1.165, 1.54) is 0 Å². The third-order valence-electron chi connectivity index (χ3n) is 6.22. The summed E-state index contributed by atoms with van der Waals surface area (Å²) < 4.78 is 164. The Morgan fingerprint density at radius 2 is 0.548 bits per heavy atom. The van der Waals surface area contributed by atoms with Gasteiger partial charge in [-0.25, -0.2) is 0 Å². The molecule has 0 unspecified atom stereocenters. The van der Waals surface area contributed by atoms with Crippen LogP contribution in [0.2, 0.25) is 0 Å². The molecule has 0 radical (unpaired) electrons. The van der Waals surface area contributed by atoms with E-state index in [1.54, 1.807) is 0 Å². The predicted molar refractivity (Wildman–Crippen MR) is 148 cm³/mol. The Hall–Kier alpha value is -1.26. The van der Waals surface area contributed by atoms with Crippen molar-refractivity contribution in [2.45, 2.75) is 46.0 Å². The van der Waals surface area contributed by atoms with E-state index in [2.05, 4.69) is 63.7 Å². The van der Waals surface area contributed by atoms with Crippen LogP contribution in [0.5, 0.6) is 0 Å². The van der Waals surface area contributed by atoms with Gasteiger partial charge in [0.2, 0.25) is 0 Å². The number of alkyl halides is 16. The van der Waals surface area contributed by atoms with E-state index in [0.29, 0.717) is 24.3 Å². The third kappa shape index (κ3) is 7.33. The molecule has 42 heavy (non-hydrogen) atoms. The molecule has 0 bridgehead atoms. The van der Waals surface area contributed by atoms with Crippen LogP contribution < -0.4 is 0 Å². The second-order valence-electron chi connectivity index (χ2n) is 8.79. The van der Waals surface area contributed by atoms with E-state index in [4.69, 9.17) is 0 Å². The zero-order valence-electron chi connectivity index (χ0n) is 20.3. The highest BCUT2D eigenvalue weighted by molar-refractivity contribution is 9.09. The van der Waals surface area contributed by atoms with Gasteiger partial charge in [0.15, 0.2) is 0 Å². The van der Waals surface area contributed by atoms with Gasteiger partial charge in [-0.05, 0) is 80.9 Å². The van der Waals surface area contributed by atoms with Gasteiger partial charge < -0.3 is 0 Å². The van der Waals surface area contributed by atoms with Crippen LogP contribution in [-0.4, -0.2) is 0 Å². The van der Waals surface area contributed by atoms with E-state index >= 15 is 0 Å². The Morgan fingerprint density at radius 3 is 0.690 bits per heavy atom. The van der Waals surface area contributed by atoms with Gasteiger partial charge in [0.25, 0.3) is 0 Å². The van der Waals surface area contributed by atoms with Crippen molar-refractivity contribution >= 4 is 63.7 Å². The molecular weight excluding hydrogens is 860 g/mol. The summed E-state index contributed by atoms with van der Waals surface area (Å²) in [6, 6.07) is 1.99. The molecule has 0 atom stereocenters. The van der Waals surface area contributed by atoms with Crippen LogP contribution >= 0.6 is 63.7 Å². The minimum atomic E-state index is -5.17. The van der Waals surface area contributed by atoms with Gasteiger partial charge in [-0.1, -0.05) is 63.7 Å². The van der Waals surface area contributed by atoms with Gasteiger partial charge in [0, 0.05) is 21.3 Å². The Morgan fingerprint density at radius 1 is 0.357 bits per heavy atom. The normalized spacial score (nSPS) is 13.1. The first-order valence-corrected chi connectivity index (χ1v) is 15.7. The zero-order chi connectivity index (χ0) is 32.0. The third-order valence-corrected chi connectivity index (χ3v) is 8.47. The monoisotopic (exact) mass is 870 g/mol. The lowest BCUT2D eigenvalue weighted by molar-refractivity contribution is -0.144. The maximum absolute atomic E-state index is 13.7. The summed E-state index contributed by atoms with van der Waals surface area (Å²) in [6.07, 6.45) is -20.7. The minimum Gasteiger partial charge on any atom is -0.166 e. The Bertz CT molecular complexity index is 1260. The summed E-state index contributed by atoms with van der Waals surface area (Å²) in [5.41, 5.74) is -7.24. The first-order valence-electron chi connectivity index (χ1n) is 11.2. The molecule has 0 fully saturated rings. The van der Waals surface area contributed by atoms with Gasteiger partial charge in [-0.3, -0.25) is 0 Å². The van der Waals surface area contributed by atoms with E-state index in [1.807, 2.05) is 0 Å². The van der Waals surface area contributed by atoms with Crippen molar-refractivity contribution in [2.75, 3.05) is 0 Å². The van der Waals surface area contributed by atoms with Crippen LogP contribution in [-0.2, 0) is 46.0 Å². The molecule has 16 heteroatoms. The first-order chi connectivity index (χ1) is 19.2. The smallest absolute Gasteiger partial charge is 0.166 e. The molecule has 0 amide bonds. The van der Waals surface area contributed by atoms with E-state index < -0.39 is 58.1 Å². The van der Waals surface area contributed by atoms with Crippen LogP contribution in [0.25, 0.3) is 22.3 Å². The molecule has 3 aromatic rings. The standard InChI is InChI=1S/C26H14Br4F12/c27-7-17-19(9-29)22(12-3-15(25(37,38)39)6-16(4-12)26(40,41)42)20(10-30)18(8-28)21(17)11-1-13(23(31,32)33)5-14(2-11)24(34,35)36/h1-6H,7-10H2.